The van der Waals surface area contributed by atoms with Crippen molar-refractivity contribution in [1.82, 2.24) is 10.3 Å². The fourth-order valence-electron chi connectivity index (χ4n) is 1.60. The zero-order valence-electron chi connectivity index (χ0n) is 7.32. The van der Waals surface area contributed by atoms with E-state index >= 15 is 0 Å². The highest BCUT2D eigenvalue weighted by atomic mass is 32.1. The Bertz CT molecular complexity index is 292. The minimum Gasteiger partial charge on any atom is -0.316 e. The molecule has 4 heteroatoms. The van der Waals surface area contributed by atoms with Crippen molar-refractivity contribution >= 4 is 17.6 Å². The smallest absolute Gasteiger partial charge is 0.169 e. The van der Waals surface area contributed by atoms with Gasteiger partial charge in [-0.05, 0) is 19.4 Å². The Morgan fingerprint density at radius 3 is 3.23 bits per heavy atom. The molecule has 0 aromatic carbocycles. The van der Waals surface area contributed by atoms with E-state index in [4.69, 9.17) is 0 Å². The number of rotatable bonds is 2. The van der Waals surface area contributed by atoms with Crippen molar-refractivity contribution in [2.24, 2.45) is 0 Å². The topological polar surface area (TPSA) is 42.0 Å². The van der Waals surface area contributed by atoms with Crippen LogP contribution < -0.4 is 5.32 Å². The van der Waals surface area contributed by atoms with Crippen LogP contribution in [0.1, 0.15) is 34.3 Å². The number of piperidine rings is 1. The summed E-state index contributed by atoms with van der Waals surface area (Å²) < 4.78 is 0. The van der Waals surface area contributed by atoms with E-state index in [0.29, 0.717) is 11.6 Å². The Kier molecular flexibility index (Phi) is 2.71. The number of nitrogens with one attached hydrogen (secondary N) is 1. The second-order valence-electron chi connectivity index (χ2n) is 3.27. The number of nitrogens with zero attached hydrogens (tertiary/aromatic N) is 1. The van der Waals surface area contributed by atoms with E-state index in [9.17, 15) is 4.79 Å². The van der Waals surface area contributed by atoms with Crippen molar-refractivity contribution in [2.75, 3.05) is 13.1 Å². The third-order valence-electron chi connectivity index (χ3n) is 2.31. The molecule has 1 atom stereocenters. The van der Waals surface area contributed by atoms with Crippen LogP contribution in [0.4, 0.5) is 0 Å². The van der Waals surface area contributed by atoms with Crippen LogP contribution in [0.3, 0.4) is 0 Å². The Labute approximate surface area is 81.2 Å². The summed E-state index contributed by atoms with van der Waals surface area (Å²) in [6, 6.07) is 0. The lowest BCUT2D eigenvalue weighted by atomic mass is 10.0. The van der Waals surface area contributed by atoms with Gasteiger partial charge in [-0.1, -0.05) is 0 Å². The van der Waals surface area contributed by atoms with Gasteiger partial charge in [0.15, 0.2) is 6.29 Å². The van der Waals surface area contributed by atoms with E-state index in [1.807, 2.05) is 5.38 Å². The van der Waals surface area contributed by atoms with Gasteiger partial charge in [-0.3, -0.25) is 4.79 Å². The van der Waals surface area contributed by atoms with E-state index in [0.717, 1.165) is 24.4 Å². The van der Waals surface area contributed by atoms with E-state index in [1.165, 1.54) is 12.8 Å². The van der Waals surface area contributed by atoms with Crippen LogP contribution in [0.25, 0.3) is 0 Å². The standard InChI is InChI=1S/C9H12N2OS/c12-5-8-6-13-9(11-8)7-2-1-3-10-4-7/h5-7,10H,1-4H2. The lowest BCUT2D eigenvalue weighted by Gasteiger charge is -2.20. The number of aldehydes is 1. The van der Waals surface area contributed by atoms with E-state index in [2.05, 4.69) is 10.3 Å². The zero-order chi connectivity index (χ0) is 9.10. The number of hydrogen-bond acceptors (Lipinski definition) is 4. The molecule has 1 aliphatic rings. The summed E-state index contributed by atoms with van der Waals surface area (Å²) in [7, 11) is 0. The van der Waals surface area contributed by atoms with Crippen LogP contribution in [-0.4, -0.2) is 24.4 Å². The fourth-order valence-corrected chi connectivity index (χ4v) is 2.51. The summed E-state index contributed by atoms with van der Waals surface area (Å²) >= 11 is 1.60. The van der Waals surface area contributed by atoms with Crippen molar-refractivity contribution in [3.63, 3.8) is 0 Å². The first-order chi connectivity index (χ1) is 6.40. The van der Waals surface area contributed by atoms with E-state index in [-0.39, 0.29) is 0 Å². The summed E-state index contributed by atoms with van der Waals surface area (Å²) in [6.07, 6.45) is 3.22. The molecule has 0 spiro atoms. The first kappa shape index (κ1) is 8.84. The number of carbonyl (C=O) groups is 1. The van der Waals surface area contributed by atoms with Gasteiger partial charge >= 0.3 is 0 Å². The molecule has 0 radical (unpaired) electrons. The lowest BCUT2D eigenvalue weighted by Crippen LogP contribution is -2.28. The van der Waals surface area contributed by atoms with E-state index < -0.39 is 0 Å². The first-order valence-corrected chi connectivity index (χ1v) is 5.39. The summed E-state index contributed by atoms with van der Waals surface area (Å²) in [5.74, 6) is 0.521. The monoisotopic (exact) mass is 196 g/mol. The number of aromatic nitrogens is 1. The largest absolute Gasteiger partial charge is 0.316 e. The predicted molar refractivity (Wildman–Crippen MR) is 52.3 cm³/mol. The number of hydrogen-bond donors (Lipinski definition) is 1. The molecule has 1 aromatic heterocycles. The van der Waals surface area contributed by atoms with Gasteiger partial charge in [-0.2, -0.15) is 0 Å². The van der Waals surface area contributed by atoms with Crippen molar-refractivity contribution < 1.29 is 4.79 Å². The zero-order valence-corrected chi connectivity index (χ0v) is 8.14. The second-order valence-corrected chi connectivity index (χ2v) is 4.16. The molecule has 70 valence electrons. The molecule has 0 aliphatic carbocycles. The molecule has 0 bridgehead atoms. The summed E-state index contributed by atoms with van der Waals surface area (Å²) in [5, 5.41) is 6.28. The van der Waals surface area contributed by atoms with Crippen molar-refractivity contribution in [3.05, 3.63) is 16.1 Å². The summed E-state index contributed by atoms with van der Waals surface area (Å²) in [6.45, 7) is 2.12. The SMILES string of the molecule is O=Cc1csc(C2CCCNC2)n1. The molecule has 1 aliphatic heterocycles. The molecular formula is C9H12N2OS. The van der Waals surface area contributed by atoms with Crippen LogP contribution in [0, 0.1) is 0 Å². The number of carbonyl (C=O) groups excluding carboxylic acids is 1. The van der Waals surface area contributed by atoms with Gasteiger partial charge in [0.2, 0.25) is 0 Å². The van der Waals surface area contributed by atoms with Crippen LogP contribution >= 0.6 is 11.3 Å². The van der Waals surface area contributed by atoms with Crippen molar-refractivity contribution in [1.29, 1.82) is 0 Å². The average molecular weight is 196 g/mol. The normalized spacial score (nSPS) is 22.9. The Morgan fingerprint density at radius 2 is 2.62 bits per heavy atom. The molecule has 0 amide bonds. The molecule has 2 rings (SSSR count). The lowest BCUT2D eigenvalue weighted by molar-refractivity contribution is 0.111. The van der Waals surface area contributed by atoms with E-state index in [1.54, 1.807) is 11.3 Å². The third-order valence-corrected chi connectivity index (χ3v) is 3.33. The maximum absolute atomic E-state index is 10.4. The van der Waals surface area contributed by atoms with Crippen molar-refractivity contribution in [2.45, 2.75) is 18.8 Å². The molecule has 0 saturated carbocycles. The maximum Gasteiger partial charge on any atom is 0.169 e. The maximum atomic E-state index is 10.4. The minimum atomic E-state index is 0.521. The molecule has 1 unspecified atom stereocenters. The van der Waals surface area contributed by atoms with Gasteiger partial charge in [0.25, 0.3) is 0 Å². The van der Waals surface area contributed by atoms with Gasteiger partial charge < -0.3 is 5.32 Å². The minimum absolute atomic E-state index is 0.521. The highest BCUT2D eigenvalue weighted by Gasteiger charge is 2.17. The number of thiazole rings is 1. The Balaban J connectivity index is 2.09. The third kappa shape index (κ3) is 1.95. The second kappa shape index (κ2) is 3.98. The Morgan fingerprint density at radius 1 is 1.69 bits per heavy atom. The van der Waals surface area contributed by atoms with Crippen LogP contribution in [0.5, 0.6) is 0 Å². The molecule has 1 fully saturated rings. The molecule has 3 nitrogen and oxygen atoms in total. The molecule has 1 aromatic rings. The van der Waals surface area contributed by atoms with Gasteiger partial charge in [-0.25, -0.2) is 4.98 Å². The Hall–Kier alpha value is -0.740. The van der Waals surface area contributed by atoms with Crippen LogP contribution in [0.15, 0.2) is 5.38 Å². The van der Waals surface area contributed by atoms with Gasteiger partial charge in [0, 0.05) is 17.8 Å². The molecule has 13 heavy (non-hydrogen) atoms. The summed E-state index contributed by atoms with van der Waals surface area (Å²) in [5.41, 5.74) is 0.575. The molecule has 1 N–H and O–H groups in total. The molecule has 2 heterocycles. The van der Waals surface area contributed by atoms with Gasteiger partial charge in [0.1, 0.15) is 5.69 Å². The molecular weight excluding hydrogens is 184 g/mol. The van der Waals surface area contributed by atoms with Gasteiger partial charge in [0.05, 0.1) is 5.01 Å². The molecule has 1 saturated heterocycles. The van der Waals surface area contributed by atoms with Crippen LogP contribution in [-0.2, 0) is 0 Å². The van der Waals surface area contributed by atoms with Crippen molar-refractivity contribution in [3.8, 4) is 0 Å². The average Bonchev–Trinajstić information content (AvgIpc) is 2.67. The highest BCUT2D eigenvalue weighted by Crippen LogP contribution is 2.25. The summed E-state index contributed by atoms with van der Waals surface area (Å²) in [4.78, 5) is 14.7. The highest BCUT2D eigenvalue weighted by molar-refractivity contribution is 7.09. The first-order valence-electron chi connectivity index (χ1n) is 4.51. The van der Waals surface area contributed by atoms with Gasteiger partial charge in [-0.15, -0.1) is 11.3 Å². The van der Waals surface area contributed by atoms with Crippen LogP contribution in [0.2, 0.25) is 0 Å². The fraction of sp³-hybridized carbons (Fsp3) is 0.556. The predicted octanol–water partition coefficient (Wildman–Crippen LogP) is 1.42. The quantitative estimate of drug-likeness (QED) is 0.727.